The number of sulfonamides is 1. The van der Waals surface area contributed by atoms with Crippen molar-refractivity contribution in [1.82, 2.24) is 4.72 Å². The molecule has 4 rings (SSSR count). The first kappa shape index (κ1) is 24.2. The van der Waals surface area contributed by atoms with Crippen LogP contribution in [0.2, 0.25) is 0 Å². The zero-order chi connectivity index (χ0) is 24.2. The molecule has 2 aliphatic carbocycles. The molecule has 0 unspecified atom stereocenters. The number of amides is 1. The Morgan fingerprint density at radius 1 is 1.00 bits per heavy atom. The fraction of sp³-hybridized carbons (Fsp3) is 0.440. The second-order valence-electron chi connectivity index (χ2n) is 8.79. The minimum Gasteiger partial charge on any atom is -0.484 e. The number of benzene rings is 2. The van der Waals surface area contributed by atoms with Gasteiger partial charge in [-0.3, -0.25) is 9.59 Å². The molecule has 2 saturated carbocycles. The largest absolute Gasteiger partial charge is 0.484 e. The van der Waals surface area contributed by atoms with E-state index in [4.69, 9.17) is 9.47 Å². The van der Waals surface area contributed by atoms with Crippen LogP contribution in [0.3, 0.4) is 0 Å². The first-order valence-corrected chi connectivity index (χ1v) is 13.1. The summed E-state index contributed by atoms with van der Waals surface area (Å²) in [6.07, 6.45) is 5.35. The maximum atomic E-state index is 12.5. The van der Waals surface area contributed by atoms with Crippen LogP contribution in [0.25, 0.3) is 0 Å². The van der Waals surface area contributed by atoms with Gasteiger partial charge < -0.3 is 14.8 Å². The molecule has 0 atom stereocenters. The Bertz CT molecular complexity index is 1120. The summed E-state index contributed by atoms with van der Waals surface area (Å²) in [6.45, 7) is 1.92. The molecule has 0 heterocycles. The molecule has 2 aliphatic rings. The average Bonchev–Trinajstić information content (AvgIpc) is 3.49. The molecule has 1 amide bonds. The zero-order valence-electron chi connectivity index (χ0n) is 19.2. The zero-order valence-corrected chi connectivity index (χ0v) is 20.0. The van der Waals surface area contributed by atoms with Crippen LogP contribution in [-0.4, -0.2) is 39.5 Å². The van der Waals surface area contributed by atoms with E-state index in [1.165, 1.54) is 24.3 Å². The Balaban J connectivity index is 1.27. The topological polar surface area (TPSA) is 111 Å². The molecule has 0 radical (unpaired) electrons. The lowest BCUT2D eigenvalue weighted by Crippen LogP contribution is -2.32. The molecule has 2 aromatic rings. The predicted molar refractivity (Wildman–Crippen MR) is 127 cm³/mol. The monoisotopic (exact) mass is 486 g/mol. The van der Waals surface area contributed by atoms with Crippen molar-refractivity contribution in [3.05, 3.63) is 54.1 Å². The van der Waals surface area contributed by atoms with E-state index in [9.17, 15) is 18.0 Å². The van der Waals surface area contributed by atoms with Gasteiger partial charge in [-0.25, -0.2) is 13.1 Å². The lowest BCUT2D eigenvalue weighted by molar-refractivity contribution is -0.146. The van der Waals surface area contributed by atoms with E-state index in [-0.39, 0.29) is 29.4 Å². The predicted octanol–water partition coefficient (Wildman–Crippen LogP) is 3.52. The van der Waals surface area contributed by atoms with Crippen molar-refractivity contribution in [2.24, 2.45) is 0 Å². The van der Waals surface area contributed by atoms with Gasteiger partial charge in [0.15, 0.2) is 6.61 Å². The summed E-state index contributed by atoms with van der Waals surface area (Å²) < 4.78 is 38.4. The third kappa shape index (κ3) is 5.59. The highest BCUT2D eigenvalue weighted by atomic mass is 32.2. The third-order valence-electron chi connectivity index (χ3n) is 6.32. The minimum atomic E-state index is -3.56. The standard InChI is InChI=1S/C25H30N2O6S/c1-2-32-24(29)25(15-16-25)18-7-9-19(10-8-18)26-23(28)17-33-21-11-13-22(14-12-21)34(30,31)27-20-5-3-4-6-20/h7-14,20,27H,2-6,15-17H2,1H3,(H,26,28). The molecule has 2 aromatic carbocycles. The van der Waals surface area contributed by atoms with Crippen molar-refractivity contribution in [2.75, 3.05) is 18.5 Å². The highest BCUT2D eigenvalue weighted by molar-refractivity contribution is 7.89. The molecule has 0 bridgehead atoms. The smallest absolute Gasteiger partial charge is 0.316 e. The molecule has 9 heteroatoms. The maximum Gasteiger partial charge on any atom is 0.316 e. The summed E-state index contributed by atoms with van der Waals surface area (Å²) in [5.41, 5.74) is 0.933. The quantitative estimate of drug-likeness (QED) is 0.497. The van der Waals surface area contributed by atoms with Gasteiger partial charge in [0.2, 0.25) is 10.0 Å². The molecule has 8 nitrogen and oxygen atoms in total. The molecule has 0 spiro atoms. The first-order chi connectivity index (χ1) is 16.3. The van der Waals surface area contributed by atoms with Gasteiger partial charge in [-0.2, -0.15) is 0 Å². The van der Waals surface area contributed by atoms with Crippen LogP contribution in [0.4, 0.5) is 5.69 Å². The van der Waals surface area contributed by atoms with Gasteiger partial charge in [-0.05, 0) is 74.6 Å². The molecule has 0 aliphatic heterocycles. The molecule has 182 valence electrons. The Morgan fingerprint density at radius 3 is 2.24 bits per heavy atom. The van der Waals surface area contributed by atoms with Crippen LogP contribution in [-0.2, 0) is 29.8 Å². The van der Waals surface area contributed by atoms with Gasteiger partial charge in [0.1, 0.15) is 5.75 Å². The Hall–Kier alpha value is -2.91. The van der Waals surface area contributed by atoms with Gasteiger partial charge in [-0.15, -0.1) is 0 Å². The number of hydrogen-bond donors (Lipinski definition) is 2. The van der Waals surface area contributed by atoms with Gasteiger partial charge in [0.25, 0.3) is 5.91 Å². The van der Waals surface area contributed by atoms with Crippen molar-refractivity contribution in [3.8, 4) is 5.75 Å². The van der Waals surface area contributed by atoms with Gasteiger partial charge in [-0.1, -0.05) is 25.0 Å². The van der Waals surface area contributed by atoms with Gasteiger partial charge >= 0.3 is 5.97 Å². The third-order valence-corrected chi connectivity index (χ3v) is 7.85. The Morgan fingerprint density at radius 2 is 1.65 bits per heavy atom. The number of anilines is 1. The molecular formula is C25H30N2O6S. The SMILES string of the molecule is CCOC(=O)C1(c2ccc(NC(=O)COc3ccc(S(=O)(=O)NC4CCCC4)cc3)cc2)CC1. The minimum absolute atomic E-state index is 0.00124. The number of ether oxygens (including phenoxy) is 2. The van der Waals surface area contributed by atoms with Crippen molar-refractivity contribution in [3.63, 3.8) is 0 Å². The van der Waals surface area contributed by atoms with E-state index in [1.807, 2.05) is 12.1 Å². The second-order valence-corrected chi connectivity index (χ2v) is 10.5. The summed E-state index contributed by atoms with van der Waals surface area (Å²) in [7, 11) is -3.56. The van der Waals surface area contributed by atoms with Crippen LogP contribution < -0.4 is 14.8 Å². The number of carbonyl (C=O) groups excluding carboxylic acids is 2. The van der Waals surface area contributed by atoms with Crippen LogP contribution in [0, 0.1) is 0 Å². The lowest BCUT2D eigenvalue weighted by Gasteiger charge is -2.15. The van der Waals surface area contributed by atoms with E-state index in [1.54, 1.807) is 19.1 Å². The Labute approximate surface area is 200 Å². The molecule has 0 aromatic heterocycles. The summed E-state index contributed by atoms with van der Waals surface area (Å²) in [5, 5.41) is 2.76. The van der Waals surface area contributed by atoms with Crippen molar-refractivity contribution < 1.29 is 27.5 Å². The summed E-state index contributed by atoms with van der Waals surface area (Å²) >= 11 is 0. The van der Waals surface area contributed by atoms with Crippen LogP contribution >= 0.6 is 0 Å². The first-order valence-electron chi connectivity index (χ1n) is 11.7. The average molecular weight is 487 g/mol. The molecule has 2 fully saturated rings. The van der Waals surface area contributed by atoms with Gasteiger partial charge in [0.05, 0.1) is 16.9 Å². The highest BCUT2D eigenvalue weighted by Gasteiger charge is 2.52. The van der Waals surface area contributed by atoms with Crippen LogP contribution in [0.15, 0.2) is 53.4 Å². The van der Waals surface area contributed by atoms with Crippen molar-refractivity contribution in [1.29, 1.82) is 0 Å². The van der Waals surface area contributed by atoms with Crippen LogP contribution in [0.1, 0.15) is 51.0 Å². The summed E-state index contributed by atoms with van der Waals surface area (Å²) in [4.78, 5) is 24.7. The molecule has 2 N–H and O–H groups in total. The number of rotatable bonds is 10. The molecule has 0 saturated heterocycles. The van der Waals surface area contributed by atoms with Crippen molar-refractivity contribution in [2.45, 2.75) is 61.8 Å². The number of nitrogens with one attached hydrogen (secondary N) is 2. The van der Waals surface area contributed by atoms with E-state index >= 15 is 0 Å². The highest BCUT2D eigenvalue weighted by Crippen LogP contribution is 2.49. The molecular weight excluding hydrogens is 456 g/mol. The number of carbonyl (C=O) groups is 2. The van der Waals surface area contributed by atoms with Crippen LogP contribution in [0.5, 0.6) is 5.75 Å². The lowest BCUT2D eigenvalue weighted by atomic mass is 9.96. The van der Waals surface area contributed by atoms with E-state index < -0.39 is 15.4 Å². The Kier molecular flexibility index (Phi) is 7.23. The van der Waals surface area contributed by atoms with E-state index in [0.29, 0.717) is 18.0 Å². The fourth-order valence-corrected chi connectivity index (χ4v) is 5.57. The van der Waals surface area contributed by atoms with E-state index in [2.05, 4.69) is 10.0 Å². The van der Waals surface area contributed by atoms with E-state index in [0.717, 1.165) is 44.1 Å². The summed E-state index contributed by atoms with van der Waals surface area (Å²) in [5.74, 6) is -0.150. The maximum absolute atomic E-state index is 12.5. The molecule has 34 heavy (non-hydrogen) atoms. The second kappa shape index (κ2) is 10.1. The summed E-state index contributed by atoms with van der Waals surface area (Å²) in [6, 6.07) is 13.2. The van der Waals surface area contributed by atoms with Crippen molar-refractivity contribution >= 4 is 27.6 Å². The fourth-order valence-electron chi connectivity index (χ4n) is 4.27. The van der Waals surface area contributed by atoms with Gasteiger partial charge in [0, 0.05) is 11.7 Å². The number of esters is 1. The normalized spacial score (nSPS) is 17.2. The number of hydrogen-bond acceptors (Lipinski definition) is 6.